The molecule has 1 aliphatic rings. The molecular formula is C19H23NO3S. The van der Waals surface area contributed by atoms with Gasteiger partial charge >= 0.3 is 0 Å². The van der Waals surface area contributed by atoms with Gasteiger partial charge in [-0.1, -0.05) is 0 Å². The van der Waals surface area contributed by atoms with E-state index in [2.05, 4.69) is 0 Å². The number of aryl methyl sites for hydroxylation is 2. The summed E-state index contributed by atoms with van der Waals surface area (Å²) < 4.78 is 19.7. The first-order valence-electron chi connectivity index (χ1n) is 8.27. The predicted octanol–water partition coefficient (Wildman–Crippen LogP) is 3.42. The van der Waals surface area contributed by atoms with Crippen molar-refractivity contribution in [2.24, 2.45) is 7.05 Å². The summed E-state index contributed by atoms with van der Waals surface area (Å²) in [6, 6.07) is 7.56. The van der Waals surface area contributed by atoms with Crippen LogP contribution in [-0.2, 0) is 17.8 Å². The Morgan fingerprint density at radius 2 is 1.92 bits per heavy atom. The number of pyridine rings is 1. The lowest BCUT2D eigenvalue weighted by molar-refractivity contribution is 0.211. The molecule has 1 aromatic carbocycles. The topological polar surface area (TPSA) is 48.3 Å². The van der Waals surface area contributed by atoms with E-state index in [1.165, 1.54) is 12.8 Å². The van der Waals surface area contributed by atoms with Crippen molar-refractivity contribution in [2.75, 3.05) is 6.26 Å². The summed E-state index contributed by atoms with van der Waals surface area (Å²) >= 11 is 0. The van der Waals surface area contributed by atoms with Gasteiger partial charge in [0, 0.05) is 51.9 Å². The zero-order valence-corrected chi connectivity index (χ0v) is 15.2. The molecule has 2 aromatic rings. The van der Waals surface area contributed by atoms with Crippen molar-refractivity contribution in [1.82, 2.24) is 4.57 Å². The van der Waals surface area contributed by atoms with Gasteiger partial charge in [-0.2, -0.15) is 0 Å². The minimum Gasteiger partial charge on any atom is -0.490 e. The fourth-order valence-corrected chi connectivity index (χ4v) is 3.77. The van der Waals surface area contributed by atoms with Gasteiger partial charge in [-0.25, -0.2) is 0 Å². The molecule has 0 spiro atoms. The Hall–Kier alpha value is -1.88. The first-order valence-corrected chi connectivity index (χ1v) is 9.83. The van der Waals surface area contributed by atoms with Crippen LogP contribution in [0.4, 0.5) is 0 Å². The molecule has 5 heteroatoms. The molecule has 128 valence electrons. The monoisotopic (exact) mass is 345 g/mol. The first kappa shape index (κ1) is 17.0. The van der Waals surface area contributed by atoms with E-state index in [-0.39, 0.29) is 11.7 Å². The molecule has 1 atom stereocenters. The molecule has 0 radical (unpaired) electrons. The number of rotatable bonds is 4. The van der Waals surface area contributed by atoms with Crippen LogP contribution in [0, 0.1) is 6.92 Å². The van der Waals surface area contributed by atoms with E-state index < -0.39 is 10.8 Å². The molecule has 1 fully saturated rings. The molecule has 1 aromatic heterocycles. The highest BCUT2D eigenvalue weighted by atomic mass is 32.2. The second-order valence-electron chi connectivity index (χ2n) is 6.46. The Balaban J connectivity index is 2.10. The lowest BCUT2D eigenvalue weighted by Gasteiger charge is -2.18. The molecule has 4 nitrogen and oxygen atoms in total. The number of benzene rings is 1. The van der Waals surface area contributed by atoms with E-state index in [4.69, 9.17) is 4.74 Å². The molecule has 0 bridgehead atoms. The summed E-state index contributed by atoms with van der Waals surface area (Å²) in [5.74, 6) is 0.800. The van der Waals surface area contributed by atoms with Crippen LogP contribution in [0.5, 0.6) is 5.75 Å². The minimum atomic E-state index is -1.06. The van der Waals surface area contributed by atoms with Crippen LogP contribution in [-0.4, -0.2) is 21.1 Å². The number of hydrogen-bond acceptors (Lipinski definition) is 3. The van der Waals surface area contributed by atoms with Crippen LogP contribution in [0.2, 0.25) is 0 Å². The maximum absolute atomic E-state index is 12.0. The molecule has 0 saturated heterocycles. The maximum Gasteiger partial charge on any atom is 0.253 e. The Bertz CT molecular complexity index is 809. The molecule has 1 saturated carbocycles. The van der Waals surface area contributed by atoms with E-state index in [1.54, 1.807) is 17.9 Å². The first-order chi connectivity index (χ1) is 11.5. The Labute approximate surface area is 144 Å². The van der Waals surface area contributed by atoms with Gasteiger partial charge in [0.1, 0.15) is 5.75 Å². The fourth-order valence-electron chi connectivity index (χ4n) is 3.23. The van der Waals surface area contributed by atoms with E-state index in [0.29, 0.717) is 5.56 Å². The minimum absolute atomic E-state index is 0.00719. The Morgan fingerprint density at radius 3 is 2.54 bits per heavy atom. The Morgan fingerprint density at radius 1 is 1.21 bits per heavy atom. The van der Waals surface area contributed by atoms with E-state index >= 15 is 0 Å². The van der Waals surface area contributed by atoms with Crippen LogP contribution in [0.15, 0.2) is 40.2 Å². The third-order valence-corrected chi connectivity index (χ3v) is 5.47. The van der Waals surface area contributed by atoms with Gasteiger partial charge in [0.15, 0.2) is 0 Å². The highest BCUT2D eigenvalue weighted by Gasteiger charge is 2.19. The van der Waals surface area contributed by atoms with Crippen molar-refractivity contribution in [1.29, 1.82) is 0 Å². The van der Waals surface area contributed by atoms with Crippen molar-refractivity contribution in [3.63, 3.8) is 0 Å². The zero-order valence-electron chi connectivity index (χ0n) is 14.4. The lowest BCUT2D eigenvalue weighted by atomic mass is 10.0. The van der Waals surface area contributed by atoms with Crippen LogP contribution in [0.1, 0.15) is 31.2 Å². The van der Waals surface area contributed by atoms with Crippen LogP contribution < -0.4 is 10.3 Å². The van der Waals surface area contributed by atoms with Gasteiger partial charge in [0.2, 0.25) is 0 Å². The molecule has 0 N–H and O–H groups in total. The maximum atomic E-state index is 12.0. The average Bonchev–Trinajstić information content (AvgIpc) is 3.05. The van der Waals surface area contributed by atoms with Gasteiger partial charge < -0.3 is 9.30 Å². The predicted molar refractivity (Wildman–Crippen MR) is 97.1 cm³/mol. The summed E-state index contributed by atoms with van der Waals surface area (Å²) in [4.78, 5) is 12.7. The quantitative estimate of drug-likeness (QED) is 0.853. The molecule has 24 heavy (non-hydrogen) atoms. The number of hydrogen-bond donors (Lipinski definition) is 0. The molecular weight excluding hydrogens is 322 g/mol. The van der Waals surface area contributed by atoms with Crippen molar-refractivity contribution in [3.05, 3.63) is 46.4 Å². The van der Waals surface area contributed by atoms with Gasteiger partial charge in [-0.05, 0) is 56.9 Å². The molecule has 1 heterocycles. The van der Waals surface area contributed by atoms with E-state index in [0.717, 1.165) is 34.6 Å². The standard InChI is InChI=1S/C19H23NO3S/c1-13-10-14(12-20(2)19(13)21)17-11-16(24(3)22)8-9-18(17)23-15-6-4-5-7-15/h8-12,15H,4-7H2,1-3H3. The molecule has 1 aliphatic carbocycles. The highest BCUT2D eigenvalue weighted by molar-refractivity contribution is 7.84. The molecule has 0 amide bonds. The van der Waals surface area contributed by atoms with Crippen LogP contribution in [0.25, 0.3) is 11.1 Å². The second kappa shape index (κ2) is 6.93. The van der Waals surface area contributed by atoms with Crippen LogP contribution in [0.3, 0.4) is 0 Å². The van der Waals surface area contributed by atoms with E-state index in [9.17, 15) is 9.00 Å². The zero-order chi connectivity index (χ0) is 17.3. The number of nitrogens with zero attached hydrogens (tertiary/aromatic N) is 1. The number of aromatic nitrogens is 1. The van der Waals surface area contributed by atoms with Crippen molar-refractivity contribution >= 4 is 10.8 Å². The number of ether oxygens (including phenoxy) is 1. The smallest absolute Gasteiger partial charge is 0.253 e. The third kappa shape index (κ3) is 3.46. The van der Waals surface area contributed by atoms with Gasteiger partial charge in [0.25, 0.3) is 5.56 Å². The van der Waals surface area contributed by atoms with Crippen molar-refractivity contribution in [3.8, 4) is 16.9 Å². The van der Waals surface area contributed by atoms with Gasteiger partial charge in [-0.15, -0.1) is 0 Å². The summed E-state index contributed by atoms with van der Waals surface area (Å²) in [7, 11) is 0.684. The summed E-state index contributed by atoms with van der Waals surface area (Å²) in [6.45, 7) is 1.81. The van der Waals surface area contributed by atoms with Crippen molar-refractivity contribution < 1.29 is 8.95 Å². The fraction of sp³-hybridized carbons (Fsp3) is 0.421. The highest BCUT2D eigenvalue weighted by Crippen LogP contribution is 2.34. The summed E-state index contributed by atoms with van der Waals surface area (Å²) in [5.41, 5.74) is 2.49. The normalized spacial score (nSPS) is 16.3. The average molecular weight is 345 g/mol. The summed E-state index contributed by atoms with van der Waals surface area (Å²) in [6.07, 6.45) is 8.29. The lowest BCUT2D eigenvalue weighted by Crippen LogP contribution is -2.18. The summed E-state index contributed by atoms with van der Waals surface area (Å²) in [5, 5.41) is 0. The SMILES string of the molecule is Cc1cc(-c2cc(S(C)=O)ccc2OC2CCCC2)cn(C)c1=O. The third-order valence-electron chi connectivity index (χ3n) is 4.55. The second-order valence-corrected chi connectivity index (χ2v) is 7.84. The molecule has 1 unspecified atom stereocenters. The van der Waals surface area contributed by atoms with Gasteiger partial charge in [-0.3, -0.25) is 9.00 Å². The van der Waals surface area contributed by atoms with Crippen molar-refractivity contribution in [2.45, 2.75) is 43.6 Å². The molecule has 0 aliphatic heterocycles. The van der Waals surface area contributed by atoms with Crippen LogP contribution >= 0.6 is 0 Å². The van der Waals surface area contributed by atoms with E-state index in [1.807, 2.05) is 37.4 Å². The largest absolute Gasteiger partial charge is 0.490 e. The molecule has 3 rings (SSSR count). The Kier molecular flexibility index (Phi) is 4.90. The van der Waals surface area contributed by atoms with Gasteiger partial charge in [0.05, 0.1) is 6.10 Å².